The predicted molar refractivity (Wildman–Crippen MR) is 56.7 cm³/mol. The molecule has 0 aromatic heterocycles. The van der Waals surface area contributed by atoms with Gasteiger partial charge in [0.2, 0.25) is 0 Å². The van der Waals surface area contributed by atoms with E-state index in [0.717, 1.165) is 0 Å². The van der Waals surface area contributed by atoms with Gasteiger partial charge in [0.15, 0.2) is 0 Å². The van der Waals surface area contributed by atoms with E-state index in [1.165, 1.54) is 6.07 Å². The highest BCUT2D eigenvalue weighted by Crippen LogP contribution is 2.34. The van der Waals surface area contributed by atoms with E-state index in [0.29, 0.717) is 30.0 Å². The highest BCUT2D eigenvalue weighted by Gasteiger charge is 2.25. The van der Waals surface area contributed by atoms with Gasteiger partial charge in [-0.1, -0.05) is 0 Å². The van der Waals surface area contributed by atoms with E-state index in [1.54, 1.807) is 6.07 Å². The van der Waals surface area contributed by atoms with Crippen molar-refractivity contribution in [1.82, 2.24) is 0 Å². The molecule has 1 atom stereocenters. The van der Waals surface area contributed by atoms with Crippen LogP contribution in [0.4, 0.5) is 5.69 Å². The number of ether oxygens (including phenoxy) is 1. The van der Waals surface area contributed by atoms with Crippen molar-refractivity contribution in [3.8, 4) is 5.75 Å². The Labute approximate surface area is 91.6 Å². The molecule has 0 amide bonds. The van der Waals surface area contributed by atoms with E-state index in [-0.39, 0.29) is 10.9 Å². The smallest absolute Gasteiger partial charge is 0.339 e. The second-order valence-electron chi connectivity index (χ2n) is 3.43. The third-order valence-corrected chi connectivity index (χ3v) is 2.64. The van der Waals surface area contributed by atoms with Crippen LogP contribution in [0.2, 0.25) is 0 Å². The number of carbonyl (C=O) groups is 1. The summed E-state index contributed by atoms with van der Waals surface area (Å²) in [5.41, 5.74) is 7.11. The highest BCUT2D eigenvalue weighted by molar-refractivity contribution is 6.21. The highest BCUT2D eigenvalue weighted by atomic mass is 35.5. The van der Waals surface area contributed by atoms with E-state index >= 15 is 0 Å². The van der Waals surface area contributed by atoms with Crippen LogP contribution in [0.3, 0.4) is 0 Å². The quantitative estimate of drug-likeness (QED) is 0.564. The molecule has 0 saturated carbocycles. The Morgan fingerprint density at radius 2 is 2.33 bits per heavy atom. The monoisotopic (exact) mass is 227 g/mol. The lowest BCUT2D eigenvalue weighted by Gasteiger charge is -2.23. The van der Waals surface area contributed by atoms with Gasteiger partial charge in [0.1, 0.15) is 17.9 Å². The van der Waals surface area contributed by atoms with Gasteiger partial charge >= 0.3 is 5.97 Å². The largest absolute Gasteiger partial charge is 0.491 e. The molecule has 0 fully saturated rings. The van der Waals surface area contributed by atoms with Crippen LogP contribution in [0.25, 0.3) is 0 Å². The Kier molecular flexibility index (Phi) is 2.44. The Bertz CT molecular complexity index is 419. The van der Waals surface area contributed by atoms with E-state index in [9.17, 15) is 4.79 Å². The minimum atomic E-state index is -1.01. The lowest BCUT2D eigenvalue weighted by Crippen LogP contribution is -2.23. The van der Waals surface area contributed by atoms with Gasteiger partial charge in [-0.05, 0) is 18.6 Å². The van der Waals surface area contributed by atoms with Crippen LogP contribution in [0.15, 0.2) is 12.1 Å². The molecule has 2 rings (SSSR count). The lowest BCUT2D eigenvalue weighted by atomic mass is 10.0. The average Bonchev–Trinajstić information content (AvgIpc) is 2.19. The number of nitrogens with two attached hydrogens (primary N) is 1. The lowest BCUT2D eigenvalue weighted by molar-refractivity contribution is 0.0691. The standard InChI is InChI=1S/C10H10ClNO3/c11-5-3-7-8(12)2-1-6(10(13)14)9(7)15-4-5/h1-2,5H,3-4,12H2,(H,13,14). The van der Waals surface area contributed by atoms with Crippen molar-refractivity contribution in [3.63, 3.8) is 0 Å². The molecule has 0 aliphatic carbocycles. The summed E-state index contributed by atoms with van der Waals surface area (Å²) in [6.45, 7) is 0.318. The maximum Gasteiger partial charge on any atom is 0.339 e. The number of carboxylic acids is 1. The number of fused-ring (bicyclic) bond motifs is 1. The number of hydrogen-bond acceptors (Lipinski definition) is 3. The molecule has 1 heterocycles. The van der Waals surface area contributed by atoms with E-state index < -0.39 is 5.97 Å². The molecule has 0 bridgehead atoms. The fourth-order valence-corrected chi connectivity index (χ4v) is 1.86. The van der Waals surface area contributed by atoms with Gasteiger partial charge in [0.25, 0.3) is 0 Å². The summed E-state index contributed by atoms with van der Waals surface area (Å²) in [7, 11) is 0. The van der Waals surface area contributed by atoms with Gasteiger partial charge in [0, 0.05) is 11.3 Å². The van der Waals surface area contributed by atoms with Crippen LogP contribution in [0, 0.1) is 0 Å². The molecule has 5 heteroatoms. The van der Waals surface area contributed by atoms with E-state index in [2.05, 4.69) is 0 Å². The Hall–Kier alpha value is -1.42. The summed E-state index contributed by atoms with van der Waals surface area (Å²) in [5.74, 6) is -0.654. The number of rotatable bonds is 1. The molecular formula is C10H10ClNO3. The fraction of sp³-hybridized carbons (Fsp3) is 0.300. The first-order valence-corrected chi connectivity index (χ1v) is 4.94. The minimum absolute atomic E-state index is 0.141. The number of carboxylic acid groups (broad SMARTS) is 1. The fourth-order valence-electron chi connectivity index (χ4n) is 1.64. The summed E-state index contributed by atoms with van der Waals surface area (Å²) in [6, 6.07) is 3.02. The maximum atomic E-state index is 10.9. The van der Waals surface area contributed by atoms with Crippen molar-refractivity contribution in [2.75, 3.05) is 12.3 Å². The second-order valence-corrected chi connectivity index (χ2v) is 4.04. The first-order valence-electron chi connectivity index (χ1n) is 4.51. The molecule has 1 aromatic rings. The van der Waals surface area contributed by atoms with Gasteiger partial charge in [-0.2, -0.15) is 0 Å². The maximum absolute atomic E-state index is 10.9. The molecule has 15 heavy (non-hydrogen) atoms. The van der Waals surface area contributed by atoms with Gasteiger partial charge in [-0.25, -0.2) is 4.79 Å². The van der Waals surface area contributed by atoms with Gasteiger partial charge in [0.05, 0.1) is 5.38 Å². The summed E-state index contributed by atoms with van der Waals surface area (Å²) in [5, 5.41) is 8.79. The summed E-state index contributed by atoms with van der Waals surface area (Å²) < 4.78 is 5.32. The van der Waals surface area contributed by atoms with Gasteiger partial charge < -0.3 is 15.6 Å². The van der Waals surface area contributed by atoms with E-state index in [4.69, 9.17) is 27.2 Å². The molecule has 4 nitrogen and oxygen atoms in total. The van der Waals surface area contributed by atoms with Crippen molar-refractivity contribution < 1.29 is 14.6 Å². The van der Waals surface area contributed by atoms with Crippen molar-refractivity contribution in [2.45, 2.75) is 11.8 Å². The first-order chi connectivity index (χ1) is 7.09. The first kappa shape index (κ1) is 10.1. The van der Waals surface area contributed by atoms with Crippen molar-refractivity contribution in [1.29, 1.82) is 0 Å². The third kappa shape index (κ3) is 1.72. The van der Waals surface area contributed by atoms with Crippen LogP contribution < -0.4 is 10.5 Å². The normalized spacial score (nSPS) is 19.1. The molecule has 0 radical (unpaired) electrons. The second kappa shape index (κ2) is 3.62. The number of aromatic carboxylic acids is 1. The van der Waals surface area contributed by atoms with Gasteiger partial charge in [-0.3, -0.25) is 0 Å². The number of alkyl halides is 1. The Morgan fingerprint density at radius 1 is 1.60 bits per heavy atom. The zero-order valence-electron chi connectivity index (χ0n) is 7.87. The van der Waals surface area contributed by atoms with Crippen molar-refractivity contribution in [3.05, 3.63) is 23.3 Å². The number of benzene rings is 1. The third-order valence-electron chi connectivity index (χ3n) is 2.36. The minimum Gasteiger partial charge on any atom is -0.491 e. The number of anilines is 1. The van der Waals surface area contributed by atoms with Crippen LogP contribution >= 0.6 is 11.6 Å². The van der Waals surface area contributed by atoms with E-state index in [1.807, 2.05) is 0 Å². The molecule has 1 aliphatic heterocycles. The van der Waals surface area contributed by atoms with Crippen LogP contribution in [0.5, 0.6) is 5.75 Å². The van der Waals surface area contributed by atoms with Gasteiger partial charge in [-0.15, -0.1) is 11.6 Å². The Morgan fingerprint density at radius 3 is 3.00 bits per heavy atom. The Balaban J connectivity index is 2.55. The number of nitrogen functional groups attached to an aromatic ring is 1. The molecule has 0 saturated heterocycles. The number of halogens is 1. The SMILES string of the molecule is Nc1ccc(C(=O)O)c2c1CC(Cl)CO2. The topological polar surface area (TPSA) is 72.6 Å². The molecule has 80 valence electrons. The zero-order valence-corrected chi connectivity index (χ0v) is 8.62. The molecule has 1 aliphatic rings. The van der Waals surface area contributed by atoms with Crippen molar-refractivity contribution >= 4 is 23.3 Å². The van der Waals surface area contributed by atoms with Crippen LogP contribution in [0.1, 0.15) is 15.9 Å². The zero-order chi connectivity index (χ0) is 11.0. The molecule has 1 unspecified atom stereocenters. The van der Waals surface area contributed by atoms with Crippen LogP contribution in [-0.2, 0) is 6.42 Å². The summed E-state index contributed by atoms with van der Waals surface area (Å²) >= 11 is 5.92. The average molecular weight is 228 g/mol. The molecule has 0 spiro atoms. The van der Waals surface area contributed by atoms with Crippen LogP contribution in [-0.4, -0.2) is 23.1 Å². The molecular weight excluding hydrogens is 218 g/mol. The summed E-state index contributed by atoms with van der Waals surface area (Å²) in [4.78, 5) is 10.9. The summed E-state index contributed by atoms with van der Waals surface area (Å²) in [6.07, 6.45) is 0.545. The predicted octanol–water partition coefficient (Wildman–Crippen LogP) is 1.51. The molecule has 1 aromatic carbocycles. The molecule has 3 N–H and O–H groups in total. The number of hydrogen-bond donors (Lipinski definition) is 2. The van der Waals surface area contributed by atoms with Crippen molar-refractivity contribution in [2.24, 2.45) is 0 Å².